The van der Waals surface area contributed by atoms with Crippen molar-refractivity contribution in [1.82, 2.24) is 5.32 Å². The molecule has 0 aliphatic carbocycles. The van der Waals surface area contributed by atoms with Gasteiger partial charge in [-0.3, -0.25) is 14.9 Å². The van der Waals surface area contributed by atoms with Crippen LogP contribution in [0.15, 0.2) is 36.4 Å². The summed E-state index contributed by atoms with van der Waals surface area (Å²) in [5.74, 6) is -3.28. The summed E-state index contributed by atoms with van der Waals surface area (Å²) >= 11 is 0. The number of carbonyl (C=O) groups excluding carboxylic acids is 1. The number of amides is 1. The quantitative estimate of drug-likeness (QED) is 0.668. The van der Waals surface area contributed by atoms with Gasteiger partial charge in [-0.1, -0.05) is 6.07 Å². The number of nitrogens with zero attached hydrogens (tertiary/aromatic N) is 1. The van der Waals surface area contributed by atoms with Gasteiger partial charge in [0.2, 0.25) is 0 Å². The first-order chi connectivity index (χ1) is 10.8. The van der Waals surface area contributed by atoms with E-state index in [-0.39, 0.29) is 5.56 Å². The molecule has 0 bridgehead atoms. The van der Waals surface area contributed by atoms with Gasteiger partial charge in [0.05, 0.1) is 11.0 Å². The predicted octanol–water partition coefficient (Wildman–Crippen LogP) is 3.07. The first-order valence-corrected chi connectivity index (χ1v) is 6.53. The van der Waals surface area contributed by atoms with E-state index in [2.05, 4.69) is 5.32 Å². The summed E-state index contributed by atoms with van der Waals surface area (Å²) in [6, 6.07) is 5.77. The van der Waals surface area contributed by atoms with E-state index in [9.17, 15) is 28.8 Å². The molecule has 0 radical (unpaired) electrons. The number of halogens is 2. The van der Waals surface area contributed by atoms with Gasteiger partial charge in [0, 0.05) is 11.6 Å². The topological polar surface area (TPSA) is 92.5 Å². The zero-order chi connectivity index (χ0) is 17.1. The van der Waals surface area contributed by atoms with Crippen LogP contribution in [-0.4, -0.2) is 15.9 Å². The van der Waals surface area contributed by atoms with Gasteiger partial charge in [-0.15, -0.1) is 0 Å². The summed E-state index contributed by atoms with van der Waals surface area (Å²) in [7, 11) is 0. The van der Waals surface area contributed by atoms with Crippen LogP contribution in [0, 0.1) is 21.7 Å². The molecule has 2 N–H and O–H groups in total. The molecule has 1 unspecified atom stereocenters. The van der Waals surface area contributed by atoms with Gasteiger partial charge in [0.25, 0.3) is 5.91 Å². The minimum absolute atomic E-state index is 0.00235. The van der Waals surface area contributed by atoms with Gasteiger partial charge in [-0.25, -0.2) is 8.78 Å². The highest BCUT2D eigenvalue weighted by molar-refractivity contribution is 5.95. The Morgan fingerprint density at radius 3 is 2.48 bits per heavy atom. The number of phenolic OH excluding ortho intramolecular Hbond substituents is 1. The van der Waals surface area contributed by atoms with Gasteiger partial charge in [0.1, 0.15) is 0 Å². The number of nitro groups is 1. The summed E-state index contributed by atoms with van der Waals surface area (Å²) in [5, 5.41) is 22.6. The maximum atomic E-state index is 13.2. The van der Waals surface area contributed by atoms with Crippen molar-refractivity contribution in [2.75, 3.05) is 0 Å². The molecular formula is C15H12F2N2O4. The molecule has 1 amide bonds. The molecule has 0 spiro atoms. The molecule has 0 aliphatic rings. The number of hydrogen-bond donors (Lipinski definition) is 2. The molecule has 120 valence electrons. The number of nitro benzene ring substituents is 1. The molecule has 8 heteroatoms. The van der Waals surface area contributed by atoms with E-state index in [1.807, 2.05) is 0 Å². The number of nitrogens with one attached hydrogen (secondary N) is 1. The highest BCUT2D eigenvalue weighted by atomic mass is 19.2. The third kappa shape index (κ3) is 3.60. The fraction of sp³-hybridized carbons (Fsp3) is 0.133. The summed E-state index contributed by atoms with van der Waals surface area (Å²) in [5.41, 5.74) is -0.166. The highest BCUT2D eigenvalue weighted by Crippen LogP contribution is 2.26. The van der Waals surface area contributed by atoms with E-state index in [4.69, 9.17) is 0 Å². The minimum Gasteiger partial charge on any atom is -0.502 e. The molecule has 2 aromatic rings. The zero-order valence-electron chi connectivity index (χ0n) is 11.9. The second-order valence-electron chi connectivity index (χ2n) is 4.83. The van der Waals surface area contributed by atoms with Crippen molar-refractivity contribution in [1.29, 1.82) is 0 Å². The largest absolute Gasteiger partial charge is 0.502 e. The molecule has 6 nitrogen and oxygen atoms in total. The molecule has 0 saturated heterocycles. The monoisotopic (exact) mass is 322 g/mol. The van der Waals surface area contributed by atoms with Gasteiger partial charge >= 0.3 is 5.69 Å². The highest BCUT2D eigenvalue weighted by Gasteiger charge is 2.18. The Hall–Kier alpha value is -3.03. The third-order valence-corrected chi connectivity index (χ3v) is 3.23. The lowest BCUT2D eigenvalue weighted by Gasteiger charge is -2.14. The molecule has 0 aliphatic heterocycles. The Bertz CT molecular complexity index is 780. The summed E-state index contributed by atoms with van der Waals surface area (Å²) in [6.07, 6.45) is 0. The Kier molecular flexibility index (Phi) is 4.54. The Labute approximate surface area is 129 Å². The lowest BCUT2D eigenvalue weighted by molar-refractivity contribution is -0.385. The van der Waals surface area contributed by atoms with Crippen LogP contribution >= 0.6 is 0 Å². The first-order valence-electron chi connectivity index (χ1n) is 6.53. The summed E-state index contributed by atoms with van der Waals surface area (Å²) < 4.78 is 26.1. The number of rotatable bonds is 4. The van der Waals surface area contributed by atoms with Crippen molar-refractivity contribution in [3.05, 3.63) is 69.3 Å². The summed E-state index contributed by atoms with van der Waals surface area (Å²) in [6.45, 7) is 1.57. The molecule has 2 rings (SSSR count). The van der Waals surface area contributed by atoms with Crippen LogP contribution in [0.5, 0.6) is 5.75 Å². The van der Waals surface area contributed by atoms with Crippen molar-refractivity contribution in [3.63, 3.8) is 0 Å². The minimum atomic E-state index is -1.03. The number of carbonyl (C=O) groups is 1. The standard InChI is InChI=1S/C15H12F2N2O4/c1-8(9-2-4-11(16)12(17)6-9)18-15(21)10-3-5-13(19(22)23)14(20)7-10/h2-8,20H,1H3,(H,18,21). The fourth-order valence-electron chi connectivity index (χ4n) is 1.96. The Morgan fingerprint density at radius 2 is 1.91 bits per heavy atom. The van der Waals surface area contributed by atoms with E-state index in [1.54, 1.807) is 6.92 Å². The Morgan fingerprint density at radius 1 is 1.22 bits per heavy atom. The lowest BCUT2D eigenvalue weighted by atomic mass is 10.1. The lowest BCUT2D eigenvalue weighted by Crippen LogP contribution is -2.26. The van der Waals surface area contributed by atoms with E-state index in [0.717, 1.165) is 24.3 Å². The van der Waals surface area contributed by atoms with E-state index in [1.165, 1.54) is 12.1 Å². The van der Waals surface area contributed by atoms with E-state index in [0.29, 0.717) is 5.56 Å². The van der Waals surface area contributed by atoms with Crippen LogP contribution < -0.4 is 5.32 Å². The molecular weight excluding hydrogens is 310 g/mol. The van der Waals surface area contributed by atoms with Crippen molar-refractivity contribution in [2.45, 2.75) is 13.0 Å². The smallest absolute Gasteiger partial charge is 0.310 e. The van der Waals surface area contributed by atoms with Crippen LogP contribution in [-0.2, 0) is 0 Å². The number of benzene rings is 2. The number of phenols is 1. The van der Waals surface area contributed by atoms with Gasteiger partial charge in [-0.05, 0) is 36.8 Å². The molecule has 2 aromatic carbocycles. The normalized spacial score (nSPS) is 11.8. The summed E-state index contributed by atoms with van der Waals surface area (Å²) in [4.78, 5) is 21.9. The first kappa shape index (κ1) is 16.3. The molecule has 0 fully saturated rings. The van der Waals surface area contributed by atoms with Gasteiger partial charge in [0.15, 0.2) is 17.4 Å². The van der Waals surface area contributed by atoms with Crippen LogP contribution in [0.25, 0.3) is 0 Å². The van der Waals surface area contributed by atoms with Crippen molar-refractivity contribution in [3.8, 4) is 5.75 Å². The average molecular weight is 322 g/mol. The van der Waals surface area contributed by atoms with Crippen molar-refractivity contribution < 1.29 is 23.6 Å². The SMILES string of the molecule is CC(NC(=O)c1ccc([N+](=O)[O-])c(O)c1)c1ccc(F)c(F)c1. The number of hydrogen-bond acceptors (Lipinski definition) is 4. The second kappa shape index (κ2) is 6.39. The van der Waals surface area contributed by atoms with Crippen LogP contribution in [0.2, 0.25) is 0 Å². The maximum absolute atomic E-state index is 13.2. The predicted molar refractivity (Wildman–Crippen MR) is 77.0 cm³/mol. The van der Waals surface area contributed by atoms with Crippen LogP contribution in [0.4, 0.5) is 14.5 Å². The zero-order valence-corrected chi connectivity index (χ0v) is 11.9. The number of aromatic hydroxyl groups is 1. The average Bonchev–Trinajstić information content (AvgIpc) is 2.49. The molecule has 1 atom stereocenters. The molecule has 23 heavy (non-hydrogen) atoms. The third-order valence-electron chi connectivity index (χ3n) is 3.23. The molecule has 0 saturated carbocycles. The fourth-order valence-corrected chi connectivity index (χ4v) is 1.96. The second-order valence-corrected chi connectivity index (χ2v) is 4.83. The van der Waals surface area contributed by atoms with Crippen LogP contribution in [0.3, 0.4) is 0 Å². The van der Waals surface area contributed by atoms with Crippen molar-refractivity contribution >= 4 is 11.6 Å². The molecule has 0 aromatic heterocycles. The van der Waals surface area contributed by atoms with Gasteiger partial charge in [-0.2, -0.15) is 0 Å². The Balaban J connectivity index is 2.16. The van der Waals surface area contributed by atoms with Gasteiger partial charge < -0.3 is 10.4 Å². The molecule has 0 heterocycles. The van der Waals surface area contributed by atoms with Crippen LogP contribution in [0.1, 0.15) is 28.9 Å². The van der Waals surface area contributed by atoms with E-state index >= 15 is 0 Å². The maximum Gasteiger partial charge on any atom is 0.310 e. The van der Waals surface area contributed by atoms with E-state index < -0.39 is 39.9 Å². The van der Waals surface area contributed by atoms with Crippen molar-refractivity contribution in [2.24, 2.45) is 0 Å².